The molecule has 3 rings (SSSR count). The van der Waals surface area contributed by atoms with Gasteiger partial charge in [0.15, 0.2) is 5.96 Å². The van der Waals surface area contributed by atoms with Gasteiger partial charge in [0.2, 0.25) is 0 Å². The van der Waals surface area contributed by atoms with Gasteiger partial charge in [0.05, 0.1) is 7.11 Å². The number of hydrogen-bond donors (Lipinski definition) is 1. The highest BCUT2D eigenvalue weighted by Crippen LogP contribution is 2.29. The van der Waals surface area contributed by atoms with Gasteiger partial charge < -0.3 is 15.0 Å². The molecule has 2 aliphatic rings. The minimum absolute atomic E-state index is 0. The van der Waals surface area contributed by atoms with Crippen LogP contribution in [0.1, 0.15) is 37.7 Å². The standard InChI is InChI=1S/C20H32N4O.HI/c1-15(23(3)18-7-8-18)13-22-20(21-2)24-12-11-17(14-24)16-5-9-19(25-4)10-6-16;/h5-6,9-10,15,17-18H,7-8,11-14H2,1-4H3,(H,21,22);1H. The Morgan fingerprint density at radius 3 is 2.58 bits per heavy atom. The average molecular weight is 472 g/mol. The van der Waals surface area contributed by atoms with E-state index in [1.54, 1.807) is 7.11 Å². The van der Waals surface area contributed by atoms with Crippen LogP contribution in [0.3, 0.4) is 0 Å². The van der Waals surface area contributed by atoms with Gasteiger partial charge in [-0.25, -0.2) is 0 Å². The molecular weight excluding hydrogens is 439 g/mol. The van der Waals surface area contributed by atoms with Crippen molar-refractivity contribution in [3.05, 3.63) is 29.8 Å². The van der Waals surface area contributed by atoms with Crippen molar-refractivity contribution in [1.29, 1.82) is 0 Å². The van der Waals surface area contributed by atoms with E-state index in [-0.39, 0.29) is 24.0 Å². The smallest absolute Gasteiger partial charge is 0.193 e. The minimum atomic E-state index is 0. The molecule has 2 unspecified atom stereocenters. The molecule has 0 radical (unpaired) electrons. The van der Waals surface area contributed by atoms with E-state index in [1.807, 2.05) is 7.05 Å². The summed E-state index contributed by atoms with van der Waals surface area (Å²) in [5.74, 6) is 2.52. The molecule has 146 valence electrons. The zero-order valence-corrected chi connectivity index (χ0v) is 18.8. The number of ether oxygens (including phenoxy) is 1. The second-order valence-corrected chi connectivity index (χ2v) is 7.38. The Kier molecular flexibility index (Phi) is 8.01. The van der Waals surface area contributed by atoms with Crippen LogP contribution in [0, 0.1) is 0 Å². The quantitative estimate of drug-likeness (QED) is 0.393. The van der Waals surface area contributed by atoms with Crippen molar-refractivity contribution in [2.45, 2.75) is 44.2 Å². The fourth-order valence-corrected chi connectivity index (χ4v) is 3.66. The molecule has 6 heteroatoms. The highest BCUT2D eigenvalue weighted by molar-refractivity contribution is 14.0. The molecule has 1 aliphatic carbocycles. The molecule has 1 aromatic carbocycles. The molecule has 1 heterocycles. The van der Waals surface area contributed by atoms with Crippen molar-refractivity contribution in [2.75, 3.05) is 40.8 Å². The second kappa shape index (κ2) is 9.78. The minimum Gasteiger partial charge on any atom is -0.497 e. The SMILES string of the molecule is CN=C(NCC(C)N(C)C1CC1)N1CCC(c2ccc(OC)cc2)C1.I. The molecule has 1 aliphatic heterocycles. The van der Waals surface area contributed by atoms with Crippen LogP contribution in [0.15, 0.2) is 29.3 Å². The summed E-state index contributed by atoms with van der Waals surface area (Å²) in [6.45, 7) is 5.33. The number of likely N-dealkylation sites (tertiary alicyclic amines) is 1. The third-order valence-electron chi connectivity index (χ3n) is 5.66. The van der Waals surface area contributed by atoms with Gasteiger partial charge in [0.25, 0.3) is 0 Å². The third kappa shape index (κ3) is 5.25. The number of likely N-dealkylation sites (N-methyl/N-ethyl adjacent to an activating group) is 1. The molecule has 1 saturated carbocycles. The fourth-order valence-electron chi connectivity index (χ4n) is 3.66. The molecule has 2 fully saturated rings. The third-order valence-corrected chi connectivity index (χ3v) is 5.66. The summed E-state index contributed by atoms with van der Waals surface area (Å²) in [6, 6.07) is 9.82. The predicted molar refractivity (Wildman–Crippen MR) is 119 cm³/mol. The summed E-state index contributed by atoms with van der Waals surface area (Å²) in [5, 5.41) is 3.58. The Balaban J connectivity index is 0.00000243. The normalized spacial score (nSPS) is 21.5. The average Bonchev–Trinajstić information content (AvgIpc) is 3.39. The van der Waals surface area contributed by atoms with Gasteiger partial charge in [-0.1, -0.05) is 12.1 Å². The molecular formula is C20H33IN4O. The topological polar surface area (TPSA) is 40.1 Å². The van der Waals surface area contributed by atoms with E-state index in [4.69, 9.17) is 4.74 Å². The van der Waals surface area contributed by atoms with Gasteiger partial charge in [-0.15, -0.1) is 24.0 Å². The number of methoxy groups -OCH3 is 1. The zero-order chi connectivity index (χ0) is 17.8. The molecule has 1 N–H and O–H groups in total. The highest BCUT2D eigenvalue weighted by Gasteiger charge is 2.30. The number of rotatable bonds is 6. The van der Waals surface area contributed by atoms with Crippen LogP contribution in [0.5, 0.6) is 5.75 Å². The van der Waals surface area contributed by atoms with Crippen LogP contribution in [-0.2, 0) is 0 Å². The van der Waals surface area contributed by atoms with Crippen LogP contribution in [0.2, 0.25) is 0 Å². The van der Waals surface area contributed by atoms with Gasteiger partial charge in [0.1, 0.15) is 5.75 Å². The van der Waals surface area contributed by atoms with Gasteiger partial charge in [-0.3, -0.25) is 9.89 Å². The number of benzene rings is 1. The molecule has 0 amide bonds. The van der Waals surface area contributed by atoms with Gasteiger partial charge in [-0.05, 0) is 50.9 Å². The Morgan fingerprint density at radius 2 is 2.00 bits per heavy atom. The highest BCUT2D eigenvalue weighted by atomic mass is 127. The van der Waals surface area contributed by atoms with E-state index in [0.717, 1.165) is 37.4 Å². The number of nitrogens with zero attached hydrogens (tertiary/aromatic N) is 3. The van der Waals surface area contributed by atoms with E-state index in [9.17, 15) is 0 Å². The van der Waals surface area contributed by atoms with E-state index in [0.29, 0.717) is 12.0 Å². The van der Waals surface area contributed by atoms with Crippen molar-refractivity contribution in [3.63, 3.8) is 0 Å². The Bertz CT molecular complexity index is 588. The van der Waals surface area contributed by atoms with E-state index < -0.39 is 0 Å². The van der Waals surface area contributed by atoms with Crippen molar-refractivity contribution in [1.82, 2.24) is 15.1 Å². The summed E-state index contributed by atoms with van der Waals surface area (Å²) in [5.41, 5.74) is 1.39. The first-order valence-corrected chi connectivity index (χ1v) is 9.44. The fraction of sp³-hybridized carbons (Fsp3) is 0.650. The number of hydrogen-bond acceptors (Lipinski definition) is 3. The molecule has 5 nitrogen and oxygen atoms in total. The van der Waals surface area contributed by atoms with Crippen molar-refractivity contribution < 1.29 is 4.74 Å². The molecule has 2 atom stereocenters. The van der Waals surface area contributed by atoms with Gasteiger partial charge in [0, 0.05) is 44.7 Å². The Morgan fingerprint density at radius 1 is 1.31 bits per heavy atom. The molecule has 1 aromatic rings. The molecule has 1 saturated heterocycles. The molecule has 0 spiro atoms. The van der Waals surface area contributed by atoms with E-state index >= 15 is 0 Å². The first-order valence-electron chi connectivity index (χ1n) is 9.44. The van der Waals surface area contributed by atoms with Crippen LogP contribution in [0.25, 0.3) is 0 Å². The summed E-state index contributed by atoms with van der Waals surface area (Å²) >= 11 is 0. The summed E-state index contributed by atoms with van der Waals surface area (Å²) in [7, 11) is 5.84. The predicted octanol–water partition coefficient (Wildman–Crippen LogP) is 3.16. The maximum absolute atomic E-state index is 5.26. The Labute approximate surface area is 175 Å². The lowest BCUT2D eigenvalue weighted by molar-refractivity contribution is 0.246. The lowest BCUT2D eigenvalue weighted by Gasteiger charge is -2.28. The van der Waals surface area contributed by atoms with Crippen LogP contribution in [-0.4, -0.2) is 68.7 Å². The Hall–Kier alpha value is -1.02. The first-order chi connectivity index (χ1) is 12.1. The van der Waals surface area contributed by atoms with Crippen molar-refractivity contribution in [2.24, 2.45) is 4.99 Å². The zero-order valence-electron chi connectivity index (χ0n) is 16.4. The van der Waals surface area contributed by atoms with Gasteiger partial charge in [-0.2, -0.15) is 0 Å². The lowest BCUT2D eigenvalue weighted by atomic mass is 9.98. The molecule has 26 heavy (non-hydrogen) atoms. The summed E-state index contributed by atoms with van der Waals surface area (Å²) in [4.78, 5) is 9.39. The number of halogens is 1. The maximum Gasteiger partial charge on any atom is 0.193 e. The number of aliphatic imine (C=N–C) groups is 1. The van der Waals surface area contributed by atoms with E-state index in [2.05, 4.69) is 58.3 Å². The van der Waals surface area contributed by atoms with Crippen LogP contribution >= 0.6 is 24.0 Å². The second-order valence-electron chi connectivity index (χ2n) is 7.38. The van der Waals surface area contributed by atoms with Crippen LogP contribution < -0.4 is 10.1 Å². The monoisotopic (exact) mass is 472 g/mol. The lowest BCUT2D eigenvalue weighted by Crippen LogP contribution is -2.46. The van der Waals surface area contributed by atoms with E-state index in [1.165, 1.54) is 24.8 Å². The van der Waals surface area contributed by atoms with Crippen LogP contribution in [0.4, 0.5) is 0 Å². The number of nitrogens with one attached hydrogen (secondary N) is 1. The molecule has 0 bridgehead atoms. The number of guanidine groups is 1. The van der Waals surface area contributed by atoms with Gasteiger partial charge >= 0.3 is 0 Å². The molecule has 0 aromatic heterocycles. The first kappa shape index (κ1) is 21.3. The maximum atomic E-state index is 5.26. The summed E-state index contributed by atoms with van der Waals surface area (Å²) < 4.78 is 5.26. The van der Waals surface area contributed by atoms with Crippen molar-refractivity contribution >= 4 is 29.9 Å². The summed E-state index contributed by atoms with van der Waals surface area (Å²) in [6.07, 6.45) is 3.88. The van der Waals surface area contributed by atoms with Crippen molar-refractivity contribution in [3.8, 4) is 5.75 Å². The largest absolute Gasteiger partial charge is 0.497 e.